The highest BCUT2D eigenvalue weighted by atomic mass is 32.2. The van der Waals surface area contributed by atoms with E-state index in [1.165, 1.54) is 18.2 Å². The van der Waals surface area contributed by atoms with Crippen molar-refractivity contribution in [3.05, 3.63) is 35.9 Å². The van der Waals surface area contributed by atoms with Gasteiger partial charge in [-0.2, -0.15) is 30.4 Å². The number of benzene rings is 1. The van der Waals surface area contributed by atoms with E-state index in [0.717, 1.165) is 25.0 Å². The number of alkyl halides is 5. The van der Waals surface area contributed by atoms with Gasteiger partial charge >= 0.3 is 27.5 Å². The molecule has 0 aromatic heterocycles. The largest absolute Gasteiger partial charge is 0.478 e. The highest BCUT2D eigenvalue weighted by Crippen LogP contribution is 2.28. The van der Waals surface area contributed by atoms with E-state index in [1.807, 2.05) is 0 Å². The number of aliphatic hydroxyl groups excluding tert-OH is 1. The van der Waals surface area contributed by atoms with Gasteiger partial charge in [0.2, 0.25) is 0 Å². The van der Waals surface area contributed by atoms with Gasteiger partial charge in [0.1, 0.15) is 0 Å². The molecule has 13 heteroatoms. The summed E-state index contributed by atoms with van der Waals surface area (Å²) < 4.78 is 98.0. The predicted octanol–water partition coefficient (Wildman–Crippen LogP) is 3.77. The minimum Gasteiger partial charge on any atom is -0.460 e. The third-order valence-electron chi connectivity index (χ3n) is 3.88. The van der Waals surface area contributed by atoms with Crippen LogP contribution in [-0.4, -0.2) is 49.8 Å². The fourth-order valence-electron chi connectivity index (χ4n) is 2.27. The van der Waals surface area contributed by atoms with Gasteiger partial charge < -0.3 is 9.84 Å². The van der Waals surface area contributed by atoms with Crippen molar-refractivity contribution in [2.24, 2.45) is 5.16 Å². The Kier molecular flexibility index (Phi) is 10.3. The molecule has 1 aromatic carbocycles. The summed E-state index contributed by atoms with van der Waals surface area (Å²) in [4.78, 5) is 11.5. The number of hydrogen-bond acceptors (Lipinski definition) is 7. The van der Waals surface area contributed by atoms with Crippen molar-refractivity contribution < 1.29 is 49.3 Å². The van der Waals surface area contributed by atoms with Crippen molar-refractivity contribution in [1.29, 1.82) is 0 Å². The standard InChI is InChI=1S/C18H22F5NO6S/c19-17(20,21)15(14-10-6-5-7-11-14)24-30-31(27,28)18(22,23)16(26)29-13-9-4-2-1-3-8-12-25/h5-7,10-11,25H,1-4,8-9,12-13H2/b24-15-. The number of carbonyl (C=O) groups excluding carboxylic acids is 1. The normalized spacial score (nSPS) is 13.2. The molecule has 31 heavy (non-hydrogen) atoms. The summed E-state index contributed by atoms with van der Waals surface area (Å²) in [5.41, 5.74) is -2.50. The zero-order chi connectivity index (χ0) is 23.5. The number of hydrogen-bond donors (Lipinski definition) is 1. The van der Waals surface area contributed by atoms with Crippen LogP contribution in [0.5, 0.6) is 0 Å². The quantitative estimate of drug-likeness (QED) is 0.153. The van der Waals surface area contributed by atoms with Crippen LogP contribution in [0.15, 0.2) is 35.5 Å². The Balaban J connectivity index is 2.73. The van der Waals surface area contributed by atoms with Crippen molar-refractivity contribution in [3.8, 4) is 0 Å². The van der Waals surface area contributed by atoms with Crippen LogP contribution in [0.4, 0.5) is 22.0 Å². The molecule has 0 heterocycles. The molecular formula is C18H22F5NO6S. The molecule has 0 saturated carbocycles. The number of halogens is 5. The summed E-state index contributed by atoms with van der Waals surface area (Å²) in [6.45, 7) is -0.450. The van der Waals surface area contributed by atoms with E-state index in [-0.39, 0.29) is 13.0 Å². The molecule has 0 aliphatic carbocycles. The topological polar surface area (TPSA) is 102 Å². The third-order valence-corrected chi connectivity index (χ3v) is 4.95. The number of carbonyl (C=O) groups is 1. The number of oxime groups is 1. The zero-order valence-electron chi connectivity index (χ0n) is 16.3. The van der Waals surface area contributed by atoms with Crippen molar-refractivity contribution >= 4 is 21.8 Å². The lowest BCUT2D eigenvalue weighted by Crippen LogP contribution is -2.40. The fourth-order valence-corrected chi connectivity index (χ4v) is 2.80. The second kappa shape index (κ2) is 11.9. The Bertz CT molecular complexity index is 828. The number of esters is 1. The van der Waals surface area contributed by atoms with E-state index in [0.29, 0.717) is 19.3 Å². The molecule has 0 spiro atoms. The molecule has 0 fully saturated rings. The zero-order valence-corrected chi connectivity index (χ0v) is 17.1. The molecule has 1 N–H and O–H groups in total. The van der Waals surface area contributed by atoms with Gasteiger partial charge in [-0.1, -0.05) is 61.2 Å². The van der Waals surface area contributed by atoms with E-state index in [1.54, 1.807) is 0 Å². The SMILES string of the molecule is O=C(OCCCCCCCCO)C(F)(F)S(=O)(=O)O/N=C(/c1ccccc1)C(F)(F)F. The van der Waals surface area contributed by atoms with Gasteiger partial charge in [-0.3, -0.25) is 4.28 Å². The Morgan fingerprint density at radius 1 is 0.935 bits per heavy atom. The van der Waals surface area contributed by atoms with Gasteiger partial charge in [0, 0.05) is 12.2 Å². The number of rotatable bonds is 13. The summed E-state index contributed by atoms with van der Waals surface area (Å²) in [6.07, 6.45) is -1.69. The molecule has 0 bridgehead atoms. The van der Waals surface area contributed by atoms with Crippen LogP contribution in [0, 0.1) is 0 Å². The molecule has 0 unspecified atom stereocenters. The Morgan fingerprint density at radius 3 is 2.03 bits per heavy atom. The van der Waals surface area contributed by atoms with Crippen LogP contribution < -0.4 is 0 Å². The van der Waals surface area contributed by atoms with Crippen LogP contribution in [0.2, 0.25) is 0 Å². The first kappa shape index (κ1) is 26.8. The highest BCUT2D eigenvalue weighted by molar-refractivity contribution is 7.88. The van der Waals surface area contributed by atoms with Gasteiger partial charge in [0.15, 0.2) is 5.71 Å². The monoisotopic (exact) mass is 475 g/mol. The van der Waals surface area contributed by atoms with Gasteiger partial charge in [0.05, 0.1) is 6.61 Å². The first-order valence-corrected chi connectivity index (χ1v) is 10.6. The maximum atomic E-state index is 13.9. The van der Waals surface area contributed by atoms with Gasteiger partial charge in [-0.25, -0.2) is 4.79 Å². The summed E-state index contributed by atoms with van der Waals surface area (Å²) in [5, 5.41) is 5.69. The molecule has 176 valence electrons. The maximum Gasteiger partial charge on any atom is 0.478 e. The lowest BCUT2D eigenvalue weighted by Gasteiger charge is -2.15. The second-order valence-electron chi connectivity index (χ2n) is 6.33. The molecule has 0 atom stereocenters. The molecule has 1 aromatic rings. The van der Waals surface area contributed by atoms with Gasteiger partial charge in [-0.15, -0.1) is 0 Å². The van der Waals surface area contributed by atoms with Gasteiger partial charge in [-0.05, 0) is 12.8 Å². The molecule has 0 aliphatic heterocycles. The molecule has 7 nitrogen and oxygen atoms in total. The lowest BCUT2D eigenvalue weighted by molar-refractivity contribution is -0.161. The minimum atomic E-state index is -6.20. The summed E-state index contributed by atoms with van der Waals surface area (Å²) in [7, 11) is -6.20. The lowest BCUT2D eigenvalue weighted by atomic mass is 10.1. The summed E-state index contributed by atoms with van der Waals surface area (Å²) in [6, 6.07) is 5.57. The van der Waals surface area contributed by atoms with Crippen LogP contribution in [0.3, 0.4) is 0 Å². The molecular weight excluding hydrogens is 453 g/mol. The van der Waals surface area contributed by atoms with E-state index in [9.17, 15) is 35.2 Å². The first-order chi connectivity index (χ1) is 14.4. The van der Waals surface area contributed by atoms with Crippen LogP contribution in [0.1, 0.15) is 44.1 Å². The molecule has 1 rings (SSSR count). The molecule has 0 radical (unpaired) electrons. The summed E-state index contributed by atoms with van der Waals surface area (Å²) >= 11 is 0. The van der Waals surface area contributed by atoms with Crippen molar-refractivity contribution in [2.45, 2.75) is 50.0 Å². The number of ether oxygens (including phenoxy) is 1. The van der Waals surface area contributed by atoms with Crippen molar-refractivity contribution in [3.63, 3.8) is 0 Å². The van der Waals surface area contributed by atoms with E-state index in [2.05, 4.69) is 14.2 Å². The maximum absolute atomic E-state index is 13.9. The molecule has 0 saturated heterocycles. The van der Waals surface area contributed by atoms with Crippen molar-refractivity contribution in [2.75, 3.05) is 13.2 Å². The van der Waals surface area contributed by atoms with Crippen molar-refractivity contribution in [1.82, 2.24) is 0 Å². The van der Waals surface area contributed by atoms with E-state index >= 15 is 0 Å². The smallest absolute Gasteiger partial charge is 0.460 e. The second-order valence-corrected chi connectivity index (χ2v) is 7.90. The highest BCUT2D eigenvalue weighted by Gasteiger charge is 2.57. The number of aliphatic hydroxyl groups is 1. The number of nitrogens with zero attached hydrogens (tertiary/aromatic N) is 1. The first-order valence-electron chi connectivity index (χ1n) is 9.23. The molecule has 0 amide bonds. The van der Waals surface area contributed by atoms with Gasteiger partial charge in [0.25, 0.3) is 0 Å². The summed E-state index contributed by atoms with van der Waals surface area (Å²) in [5.74, 6) is -2.48. The van der Waals surface area contributed by atoms with Crippen LogP contribution >= 0.6 is 0 Å². The van der Waals surface area contributed by atoms with E-state index < -0.39 is 45.4 Å². The van der Waals surface area contributed by atoms with Crippen LogP contribution in [0.25, 0.3) is 0 Å². The van der Waals surface area contributed by atoms with E-state index in [4.69, 9.17) is 5.11 Å². The fraction of sp³-hybridized carbons (Fsp3) is 0.556. The Labute approximate surface area is 176 Å². The van der Waals surface area contributed by atoms with Crippen LogP contribution in [-0.2, 0) is 23.9 Å². The Hall–Kier alpha value is -2.28. The molecule has 0 aliphatic rings. The Morgan fingerprint density at radius 2 is 1.48 bits per heavy atom. The minimum absolute atomic E-state index is 0.0586. The average molecular weight is 475 g/mol. The number of unbranched alkanes of at least 4 members (excludes halogenated alkanes) is 5. The third kappa shape index (κ3) is 8.40. The average Bonchev–Trinajstić information content (AvgIpc) is 2.69. The predicted molar refractivity (Wildman–Crippen MR) is 99.7 cm³/mol.